The maximum atomic E-state index is 13.3. The molecule has 2 aromatic carbocycles. The van der Waals surface area contributed by atoms with Crippen molar-refractivity contribution in [2.75, 3.05) is 26.3 Å². The Morgan fingerprint density at radius 1 is 1.16 bits per heavy atom. The van der Waals surface area contributed by atoms with E-state index in [1.165, 1.54) is 18.4 Å². The summed E-state index contributed by atoms with van der Waals surface area (Å²) in [5, 5.41) is 10.1. The Bertz CT molecular complexity index is 1040. The van der Waals surface area contributed by atoms with Crippen molar-refractivity contribution in [1.82, 2.24) is 15.1 Å². The van der Waals surface area contributed by atoms with Crippen molar-refractivity contribution in [3.63, 3.8) is 0 Å². The van der Waals surface area contributed by atoms with E-state index in [1.54, 1.807) is 12.1 Å². The van der Waals surface area contributed by atoms with Crippen LogP contribution in [0.3, 0.4) is 0 Å². The molecule has 0 amide bonds. The molecule has 2 aliphatic rings. The summed E-state index contributed by atoms with van der Waals surface area (Å²) in [5.41, 5.74) is 3.47. The molecule has 0 unspecified atom stereocenters. The predicted molar refractivity (Wildman–Crippen MR) is 122 cm³/mol. The van der Waals surface area contributed by atoms with Gasteiger partial charge in [-0.3, -0.25) is 4.68 Å². The second-order valence-electron chi connectivity index (χ2n) is 9.20. The van der Waals surface area contributed by atoms with E-state index in [-0.39, 0.29) is 11.2 Å². The average molecular weight is 442 g/mol. The third-order valence-electron chi connectivity index (χ3n) is 6.67. The number of fused-ring (bicyclic) bond motifs is 1. The van der Waals surface area contributed by atoms with Crippen LogP contribution in [0.2, 0.25) is 5.02 Å². The van der Waals surface area contributed by atoms with Crippen LogP contribution in [0.15, 0.2) is 42.6 Å². The van der Waals surface area contributed by atoms with Crippen LogP contribution in [0, 0.1) is 11.2 Å². The molecular weight excluding hydrogens is 413 g/mol. The number of rotatable bonds is 8. The standard InChI is InChI=1S/C25H29ClFN3O/c26-21-13-19(24-20(14-21)16-30(29-24)23-5-6-23)7-12-31-17-25(8-10-28-11-9-25)15-18-1-3-22(27)4-2-18/h1-4,13-14,16,23,28H,5-12,15,17H2. The molecule has 164 valence electrons. The number of halogens is 2. The van der Waals surface area contributed by atoms with Crippen LogP contribution >= 0.6 is 11.6 Å². The summed E-state index contributed by atoms with van der Waals surface area (Å²) in [6.45, 7) is 3.35. The van der Waals surface area contributed by atoms with Crippen molar-refractivity contribution in [3.05, 3.63) is 64.6 Å². The van der Waals surface area contributed by atoms with Gasteiger partial charge in [-0.25, -0.2) is 4.39 Å². The fraction of sp³-hybridized carbons (Fsp3) is 0.480. The molecular formula is C25H29ClFN3O. The number of aromatic nitrogens is 2. The summed E-state index contributed by atoms with van der Waals surface area (Å²) < 4.78 is 21.7. The van der Waals surface area contributed by atoms with Crippen LogP contribution in [0.5, 0.6) is 0 Å². The SMILES string of the molecule is Fc1ccc(CC2(COCCc3cc(Cl)cc4cn(C5CC5)nc34)CCNCC2)cc1. The molecule has 4 nitrogen and oxygen atoms in total. The van der Waals surface area contributed by atoms with Crippen molar-refractivity contribution < 1.29 is 9.13 Å². The predicted octanol–water partition coefficient (Wildman–Crippen LogP) is 5.34. The lowest BCUT2D eigenvalue weighted by atomic mass is 9.75. The zero-order valence-electron chi connectivity index (χ0n) is 17.7. The minimum absolute atomic E-state index is 0.0975. The highest BCUT2D eigenvalue weighted by molar-refractivity contribution is 6.31. The molecule has 1 N–H and O–H groups in total. The number of hydrogen-bond acceptors (Lipinski definition) is 3. The fourth-order valence-electron chi connectivity index (χ4n) is 4.74. The number of piperidine rings is 1. The molecule has 5 rings (SSSR count). The molecule has 1 saturated heterocycles. The third kappa shape index (κ3) is 4.94. The smallest absolute Gasteiger partial charge is 0.123 e. The molecule has 0 bridgehead atoms. The second kappa shape index (κ2) is 8.89. The molecule has 6 heteroatoms. The lowest BCUT2D eigenvalue weighted by Crippen LogP contribution is -2.41. The van der Waals surface area contributed by atoms with Crippen LogP contribution in [0.4, 0.5) is 4.39 Å². The first kappa shape index (κ1) is 20.9. The van der Waals surface area contributed by atoms with Crippen molar-refractivity contribution in [2.45, 2.75) is 44.6 Å². The van der Waals surface area contributed by atoms with E-state index in [0.717, 1.165) is 60.3 Å². The van der Waals surface area contributed by atoms with Crippen molar-refractivity contribution in [1.29, 1.82) is 0 Å². The zero-order chi connectivity index (χ0) is 21.3. The van der Waals surface area contributed by atoms with Gasteiger partial charge in [-0.15, -0.1) is 0 Å². The normalized spacial score (nSPS) is 18.5. The Morgan fingerprint density at radius 2 is 1.94 bits per heavy atom. The van der Waals surface area contributed by atoms with E-state index >= 15 is 0 Å². The lowest BCUT2D eigenvalue weighted by Gasteiger charge is -2.37. The van der Waals surface area contributed by atoms with Crippen molar-refractivity contribution >= 4 is 22.5 Å². The topological polar surface area (TPSA) is 39.1 Å². The van der Waals surface area contributed by atoms with Crippen LogP contribution in [-0.4, -0.2) is 36.1 Å². The summed E-state index contributed by atoms with van der Waals surface area (Å²) in [5.74, 6) is -0.184. The monoisotopic (exact) mass is 441 g/mol. The van der Waals surface area contributed by atoms with E-state index in [2.05, 4.69) is 16.2 Å². The Morgan fingerprint density at radius 3 is 2.68 bits per heavy atom. The van der Waals surface area contributed by atoms with Gasteiger partial charge >= 0.3 is 0 Å². The van der Waals surface area contributed by atoms with Gasteiger partial charge in [0.25, 0.3) is 0 Å². The van der Waals surface area contributed by atoms with E-state index in [4.69, 9.17) is 21.4 Å². The van der Waals surface area contributed by atoms with Crippen molar-refractivity contribution in [3.8, 4) is 0 Å². The molecule has 1 aromatic heterocycles. The van der Waals surface area contributed by atoms with Gasteiger partial charge in [0.2, 0.25) is 0 Å². The van der Waals surface area contributed by atoms with Crippen LogP contribution < -0.4 is 5.32 Å². The highest BCUT2D eigenvalue weighted by Gasteiger charge is 2.32. The zero-order valence-corrected chi connectivity index (χ0v) is 18.5. The summed E-state index contributed by atoms with van der Waals surface area (Å²) in [6.07, 6.45) is 8.40. The van der Waals surface area contributed by atoms with Gasteiger partial charge < -0.3 is 10.1 Å². The molecule has 0 atom stereocenters. The van der Waals surface area contributed by atoms with Gasteiger partial charge in [0.1, 0.15) is 5.82 Å². The maximum Gasteiger partial charge on any atom is 0.123 e. The molecule has 2 heterocycles. The molecule has 0 spiro atoms. The number of nitrogens with zero attached hydrogens (tertiary/aromatic N) is 2. The minimum Gasteiger partial charge on any atom is -0.381 e. The number of nitrogens with one attached hydrogen (secondary N) is 1. The fourth-order valence-corrected chi connectivity index (χ4v) is 4.99. The van der Waals surface area contributed by atoms with Crippen LogP contribution in [0.1, 0.15) is 42.9 Å². The highest BCUT2D eigenvalue weighted by Crippen LogP contribution is 2.36. The van der Waals surface area contributed by atoms with Gasteiger partial charge in [-0.2, -0.15) is 5.10 Å². The summed E-state index contributed by atoms with van der Waals surface area (Å²) >= 11 is 6.37. The first-order chi connectivity index (χ1) is 15.1. The Balaban J connectivity index is 1.24. The van der Waals surface area contributed by atoms with Crippen LogP contribution in [-0.2, 0) is 17.6 Å². The minimum atomic E-state index is -0.184. The molecule has 1 aliphatic carbocycles. The summed E-state index contributed by atoms with van der Waals surface area (Å²) in [7, 11) is 0. The maximum absolute atomic E-state index is 13.3. The molecule has 31 heavy (non-hydrogen) atoms. The molecule has 1 aliphatic heterocycles. The van der Waals surface area contributed by atoms with E-state index in [9.17, 15) is 4.39 Å². The molecule has 3 aromatic rings. The van der Waals surface area contributed by atoms with Gasteiger partial charge in [-0.1, -0.05) is 23.7 Å². The molecule has 2 fully saturated rings. The Hall–Kier alpha value is -1.95. The van der Waals surface area contributed by atoms with E-state index < -0.39 is 0 Å². The van der Waals surface area contributed by atoms with Gasteiger partial charge in [0.15, 0.2) is 0 Å². The van der Waals surface area contributed by atoms with E-state index in [1.807, 2.05) is 24.3 Å². The number of benzene rings is 2. The first-order valence-electron chi connectivity index (χ1n) is 11.3. The largest absolute Gasteiger partial charge is 0.381 e. The highest BCUT2D eigenvalue weighted by atomic mass is 35.5. The Kier molecular flexibility index (Phi) is 6.00. The molecule has 0 radical (unpaired) electrons. The number of ether oxygens (including phenoxy) is 1. The Labute approximate surface area is 187 Å². The first-order valence-corrected chi connectivity index (χ1v) is 11.7. The lowest BCUT2D eigenvalue weighted by molar-refractivity contribution is 0.0254. The summed E-state index contributed by atoms with van der Waals surface area (Å²) in [6, 6.07) is 11.5. The van der Waals surface area contributed by atoms with E-state index in [0.29, 0.717) is 19.3 Å². The summed E-state index contributed by atoms with van der Waals surface area (Å²) in [4.78, 5) is 0. The number of hydrogen-bond donors (Lipinski definition) is 1. The molecule has 1 saturated carbocycles. The quantitative estimate of drug-likeness (QED) is 0.480. The van der Waals surface area contributed by atoms with Crippen LogP contribution in [0.25, 0.3) is 10.9 Å². The second-order valence-corrected chi connectivity index (χ2v) is 9.64. The van der Waals surface area contributed by atoms with Gasteiger partial charge in [-0.05, 0) is 87.0 Å². The third-order valence-corrected chi connectivity index (χ3v) is 6.89. The van der Waals surface area contributed by atoms with Crippen molar-refractivity contribution in [2.24, 2.45) is 5.41 Å². The van der Waals surface area contributed by atoms with Gasteiger partial charge in [0.05, 0.1) is 24.8 Å². The van der Waals surface area contributed by atoms with Gasteiger partial charge in [0, 0.05) is 22.0 Å². The average Bonchev–Trinajstić information content (AvgIpc) is 3.53.